The van der Waals surface area contributed by atoms with Gasteiger partial charge in [-0.3, -0.25) is 0 Å². The summed E-state index contributed by atoms with van der Waals surface area (Å²) in [4.78, 5) is 10.3. The van der Waals surface area contributed by atoms with Crippen LogP contribution in [-0.2, 0) is 12.8 Å². The van der Waals surface area contributed by atoms with Gasteiger partial charge in [0.15, 0.2) is 11.6 Å². The number of aliphatic hydroxyl groups excluding tert-OH is 2. The summed E-state index contributed by atoms with van der Waals surface area (Å²) in [7, 11) is 1.95. The van der Waals surface area contributed by atoms with Crippen molar-refractivity contribution in [3.63, 3.8) is 0 Å². The van der Waals surface area contributed by atoms with Crippen molar-refractivity contribution < 1.29 is 23.4 Å². The van der Waals surface area contributed by atoms with Gasteiger partial charge in [0, 0.05) is 73.0 Å². The molecule has 0 bridgehead atoms. The molecule has 6 nitrogen and oxygen atoms in total. The maximum atomic E-state index is 13.7. The van der Waals surface area contributed by atoms with Gasteiger partial charge in [-0.1, -0.05) is 19.9 Å². The SMILES string of the molecule is CC.CN(CCO)CCc1c[nH]c2cccc(F)c12.OC1CCN(CCc2c[nH]c3cc(F)c(F)cc23)C1. The van der Waals surface area contributed by atoms with E-state index in [1.54, 1.807) is 12.3 Å². The van der Waals surface area contributed by atoms with E-state index in [-0.39, 0.29) is 18.5 Å². The number of likely N-dealkylation sites (tertiary alicyclic amines) is 1. The van der Waals surface area contributed by atoms with Gasteiger partial charge in [-0.15, -0.1) is 0 Å². The molecule has 5 rings (SSSR count). The third-order valence-electron chi connectivity index (χ3n) is 6.73. The van der Waals surface area contributed by atoms with Crippen molar-refractivity contribution in [2.24, 2.45) is 0 Å². The second-order valence-electron chi connectivity index (χ2n) is 9.37. The van der Waals surface area contributed by atoms with Crippen LogP contribution in [0.3, 0.4) is 0 Å². The number of nitrogens with one attached hydrogen (secondary N) is 2. The second-order valence-corrected chi connectivity index (χ2v) is 9.37. The molecule has 4 aromatic rings. The molecule has 1 unspecified atom stereocenters. The molecule has 0 saturated carbocycles. The van der Waals surface area contributed by atoms with Crippen molar-refractivity contribution in [3.05, 3.63) is 71.3 Å². The Balaban J connectivity index is 0.000000199. The lowest BCUT2D eigenvalue weighted by atomic mass is 10.1. The van der Waals surface area contributed by atoms with Crippen LogP contribution in [0.5, 0.6) is 0 Å². The number of aromatic amines is 2. The Kier molecular flexibility index (Phi) is 11.2. The monoisotopic (exact) mass is 532 g/mol. The summed E-state index contributed by atoms with van der Waals surface area (Å²) in [6.45, 7) is 8.02. The van der Waals surface area contributed by atoms with E-state index in [9.17, 15) is 18.3 Å². The zero-order valence-electron chi connectivity index (χ0n) is 22.4. The third-order valence-corrected chi connectivity index (χ3v) is 6.73. The molecule has 208 valence electrons. The highest BCUT2D eigenvalue weighted by Crippen LogP contribution is 2.23. The van der Waals surface area contributed by atoms with E-state index in [2.05, 4.69) is 14.9 Å². The zero-order valence-corrected chi connectivity index (χ0v) is 22.4. The molecule has 1 aliphatic rings. The number of hydrogen-bond donors (Lipinski definition) is 4. The van der Waals surface area contributed by atoms with Crippen LogP contribution < -0.4 is 0 Å². The molecule has 1 atom stereocenters. The summed E-state index contributed by atoms with van der Waals surface area (Å²) in [5.74, 6) is -1.82. The Morgan fingerprint density at radius 2 is 1.66 bits per heavy atom. The molecule has 4 N–H and O–H groups in total. The molecule has 2 aromatic carbocycles. The molecule has 38 heavy (non-hydrogen) atoms. The van der Waals surface area contributed by atoms with Crippen molar-refractivity contribution in [3.8, 4) is 0 Å². The Morgan fingerprint density at radius 1 is 0.947 bits per heavy atom. The first-order valence-corrected chi connectivity index (χ1v) is 13.2. The summed E-state index contributed by atoms with van der Waals surface area (Å²) in [5.41, 5.74) is 3.43. The van der Waals surface area contributed by atoms with Crippen LogP contribution in [0.2, 0.25) is 0 Å². The number of rotatable bonds is 8. The summed E-state index contributed by atoms with van der Waals surface area (Å²) in [5, 5.41) is 19.7. The maximum absolute atomic E-state index is 13.7. The van der Waals surface area contributed by atoms with Crippen LogP contribution in [0.15, 0.2) is 42.7 Å². The maximum Gasteiger partial charge on any atom is 0.160 e. The minimum Gasteiger partial charge on any atom is -0.395 e. The van der Waals surface area contributed by atoms with Gasteiger partial charge < -0.3 is 30.0 Å². The number of H-pyrrole nitrogens is 2. The Bertz CT molecular complexity index is 1290. The Morgan fingerprint density at radius 3 is 2.37 bits per heavy atom. The molecule has 1 fully saturated rings. The Labute approximate surface area is 222 Å². The van der Waals surface area contributed by atoms with E-state index < -0.39 is 11.6 Å². The summed E-state index contributed by atoms with van der Waals surface area (Å²) < 4.78 is 40.0. The van der Waals surface area contributed by atoms with E-state index in [0.29, 0.717) is 24.0 Å². The van der Waals surface area contributed by atoms with Crippen LogP contribution in [0, 0.1) is 17.5 Å². The number of aliphatic hydroxyl groups is 2. The number of hydrogen-bond acceptors (Lipinski definition) is 4. The van der Waals surface area contributed by atoms with Crippen LogP contribution in [-0.4, -0.2) is 82.5 Å². The van der Waals surface area contributed by atoms with Crippen molar-refractivity contribution in [1.82, 2.24) is 19.8 Å². The fourth-order valence-corrected chi connectivity index (χ4v) is 4.67. The molecule has 3 heterocycles. The quantitative estimate of drug-likeness (QED) is 0.262. The lowest BCUT2D eigenvalue weighted by Crippen LogP contribution is -2.24. The molecule has 0 spiro atoms. The lowest BCUT2D eigenvalue weighted by molar-refractivity contribution is 0.177. The molecule has 0 radical (unpaired) electrons. The predicted molar refractivity (Wildman–Crippen MR) is 147 cm³/mol. The van der Waals surface area contributed by atoms with Crippen LogP contribution >= 0.6 is 0 Å². The highest BCUT2D eigenvalue weighted by Gasteiger charge is 2.20. The Hall–Kier alpha value is -2.85. The number of benzene rings is 2. The number of β-amino-alcohol motifs (C(OH)–C–C–N with tert-alkyl or cyclic N) is 1. The number of halogens is 3. The van der Waals surface area contributed by atoms with Gasteiger partial charge >= 0.3 is 0 Å². The standard InChI is InChI=1S/C14H16F2N2O.C13H17FN2O.C2H6/c15-12-5-11-9(7-17-14(11)6-13(12)16)1-3-18-4-2-10(19)8-18;1-16(7-8-17)6-5-10-9-15-12-4-2-3-11(14)13(10)12;1-2/h5-7,10,17,19H,1-4,8H2;2-4,9,15,17H,5-8H2,1H3;1-2H3. The van der Waals surface area contributed by atoms with Gasteiger partial charge in [0.05, 0.1) is 12.7 Å². The highest BCUT2D eigenvalue weighted by atomic mass is 19.2. The first-order valence-electron chi connectivity index (χ1n) is 13.2. The number of likely N-dealkylation sites (N-methyl/N-ethyl adjacent to an activating group) is 1. The van der Waals surface area contributed by atoms with Gasteiger partial charge in [0.2, 0.25) is 0 Å². The van der Waals surface area contributed by atoms with Gasteiger partial charge in [-0.25, -0.2) is 13.2 Å². The minimum atomic E-state index is -0.830. The van der Waals surface area contributed by atoms with Crippen LogP contribution in [0.4, 0.5) is 13.2 Å². The van der Waals surface area contributed by atoms with E-state index in [0.717, 1.165) is 60.9 Å². The average molecular weight is 533 g/mol. The summed E-state index contributed by atoms with van der Waals surface area (Å²) in [6, 6.07) is 7.50. The van der Waals surface area contributed by atoms with Crippen molar-refractivity contribution in [1.29, 1.82) is 0 Å². The molecular formula is C29H39F3N4O2. The number of fused-ring (bicyclic) bond motifs is 2. The van der Waals surface area contributed by atoms with E-state index in [1.807, 2.05) is 38.1 Å². The largest absolute Gasteiger partial charge is 0.395 e. The summed E-state index contributed by atoms with van der Waals surface area (Å²) in [6.07, 6.45) is 5.79. The smallest absolute Gasteiger partial charge is 0.160 e. The molecule has 2 aromatic heterocycles. The van der Waals surface area contributed by atoms with Crippen molar-refractivity contribution in [2.75, 3.05) is 46.4 Å². The molecule has 0 amide bonds. The van der Waals surface area contributed by atoms with Gasteiger partial charge in [-0.05, 0) is 55.6 Å². The second kappa shape index (κ2) is 14.3. The first-order chi connectivity index (χ1) is 18.4. The zero-order chi connectivity index (χ0) is 27.7. The summed E-state index contributed by atoms with van der Waals surface area (Å²) >= 11 is 0. The molecular weight excluding hydrogens is 493 g/mol. The molecule has 9 heteroatoms. The van der Waals surface area contributed by atoms with E-state index in [4.69, 9.17) is 5.11 Å². The van der Waals surface area contributed by atoms with Gasteiger partial charge in [0.25, 0.3) is 0 Å². The third kappa shape index (κ3) is 7.60. The van der Waals surface area contributed by atoms with Gasteiger partial charge in [-0.2, -0.15) is 0 Å². The predicted octanol–water partition coefficient (Wildman–Crippen LogP) is 4.86. The number of aromatic nitrogens is 2. The molecule has 0 aliphatic carbocycles. The van der Waals surface area contributed by atoms with Crippen molar-refractivity contribution in [2.45, 2.75) is 39.2 Å². The normalized spacial score (nSPS) is 15.6. The van der Waals surface area contributed by atoms with Crippen LogP contribution in [0.1, 0.15) is 31.4 Å². The lowest BCUT2D eigenvalue weighted by Gasteiger charge is -2.14. The van der Waals surface area contributed by atoms with Crippen LogP contribution in [0.25, 0.3) is 21.8 Å². The molecule has 1 saturated heterocycles. The highest BCUT2D eigenvalue weighted by molar-refractivity contribution is 5.84. The minimum absolute atomic E-state index is 0.152. The van der Waals surface area contributed by atoms with E-state index >= 15 is 0 Å². The first kappa shape index (κ1) is 29.7. The fourth-order valence-electron chi connectivity index (χ4n) is 4.67. The van der Waals surface area contributed by atoms with Gasteiger partial charge in [0.1, 0.15) is 5.82 Å². The molecule has 1 aliphatic heterocycles. The number of nitrogens with zero attached hydrogens (tertiary/aromatic N) is 2. The van der Waals surface area contributed by atoms with Crippen molar-refractivity contribution >= 4 is 21.8 Å². The average Bonchev–Trinajstić information content (AvgIpc) is 3.63. The fraction of sp³-hybridized carbons (Fsp3) is 0.448. The van der Waals surface area contributed by atoms with E-state index in [1.165, 1.54) is 18.2 Å². The topological polar surface area (TPSA) is 78.5 Å².